The molecule has 0 spiro atoms. The third-order valence-corrected chi connectivity index (χ3v) is 3.22. The molecule has 0 radical (unpaired) electrons. The standard InChI is InChI=1S/C8H10N6OS/c1-5-11-12-8(16-5)14-4-6(2-7(14)15)3-10-13-9/h6H,2-4H2,1H3. The maximum atomic E-state index is 11.7. The van der Waals surface area contributed by atoms with Gasteiger partial charge in [0.25, 0.3) is 0 Å². The molecule has 0 bridgehead atoms. The number of carbonyl (C=O) groups is 1. The topological polar surface area (TPSA) is 94.8 Å². The number of aryl methyl sites for hydroxylation is 1. The quantitative estimate of drug-likeness (QED) is 0.453. The van der Waals surface area contributed by atoms with Crippen molar-refractivity contribution in [1.29, 1.82) is 0 Å². The minimum atomic E-state index is 0.0225. The molecule has 0 aliphatic carbocycles. The highest BCUT2D eigenvalue weighted by molar-refractivity contribution is 7.15. The van der Waals surface area contributed by atoms with Crippen LogP contribution in [0.5, 0.6) is 0 Å². The van der Waals surface area contributed by atoms with Crippen LogP contribution in [0.1, 0.15) is 11.4 Å². The molecule has 8 heteroatoms. The molecule has 1 aromatic rings. The zero-order chi connectivity index (χ0) is 11.5. The van der Waals surface area contributed by atoms with E-state index in [1.54, 1.807) is 4.90 Å². The zero-order valence-corrected chi connectivity index (χ0v) is 9.51. The van der Waals surface area contributed by atoms with Crippen molar-refractivity contribution in [2.24, 2.45) is 11.0 Å². The van der Waals surface area contributed by atoms with Crippen LogP contribution >= 0.6 is 11.3 Å². The molecule has 0 saturated carbocycles. The Hall–Kier alpha value is -1.66. The molecule has 1 aliphatic heterocycles. The molecule has 1 aliphatic rings. The fourth-order valence-electron chi connectivity index (χ4n) is 1.64. The highest BCUT2D eigenvalue weighted by Crippen LogP contribution is 2.27. The molecule has 1 atom stereocenters. The van der Waals surface area contributed by atoms with Gasteiger partial charge in [-0.25, -0.2) is 0 Å². The molecule has 84 valence electrons. The minimum Gasteiger partial charge on any atom is -0.286 e. The molecule has 1 saturated heterocycles. The van der Waals surface area contributed by atoms with E-state index in [1.165, 1.54) is 11.3 Å². The Morgan fingerprint density at radius 1 is 1.69 bits per heavy atom. The molecule has 7 nitrogen and oxygen atoms in total. The van der Waals surface area contributed by atoms with E-state index in [1.807, 2.05) is 6.92 Å². The Bertz CT molecular complexity index is 451. The van der Waals surface area contributed by atoms with E-state index in [0.717, 1.165) is 5.01 Å². The van der Waals surface area contributed by atoms with E-state index in [2.05, 4.69) is 20.2 Å². The number of amides is 1. The van der Waals surface area contributed by atoms with Gasteiger partial charge >= 0.3 is 0 Å². The highest BCUT2D eigenvalue weighted by Gasteiger charge is 2.31. The molecule has 0 N–H and O–H groups in total. The number of anilines is 1. The van der Waals surface area contributed by atoms with Crippen molar-refractivity contribution in [2.45, 2.75) is 13.3 Å². The maximum Gasteiger partial charge on any atom is 0.229 e. The Morgan fingerprint density at radius 3 is 3.12 bits per heavy atom. The second kappa shape index (κ2) is 4.46. The number of carbonyl (C=O) groups excluding carboxylic acids is 1. The SMILES string of the molecule is Cc1nnc(N2CC(CN=[N+]=[N-])CC2=O)s1. The minimum absolute atomic E-state index is 0.0225. The average molecular weight is 238 g/mol. The van der Waals surface area contributed by atoms with E-state index in [9.17, 15) is 4.79 Å². The first-order valence-corrected chi connectivity index (χ1v) is 5.63. The largest absolute Gasteiger partial charge is 0.286 e. The second-order valence-corrected chi connectivity index (χ2v) is 4.75. The third kappa shape index (κ3) is 2.12. The first kappa shape index (κ1) is 10.8. The van der Waals surface area contributed by atoms with Gasteiger partial charge in [0.2, 0.25) is 11.0 Å². The number of hydrogen-bond donors (Lipinski definition) is 0. The van der Waals surface area contributed by atoms with Crippen LogP contribution in [0.4, 0.5) is 5.13 Å². The summed E-state index contributed by atoms with van der Waals surface area (Å²) in [5.74, 6) is 0.113. The van der Waals surface area contributed by atoms with Crippen LogP contribution in [0.15, 0.2) is 5.11 Å². The van der Waals surface area contributed by atoms with Crippen molar-refractivity contribution in [1.82, 2.24) is 10.2 Å². The molecule has 2 heterocycles. The monoisotopic (exact) mass is 238 g/mol. The molecule has 1 unspecified atom stereocenters. The average Bonchev–Trinajstić information content (AvgIpc) is 2.82. The molecular weight excluding hydrogens is 228 g/mol. The summed E-state index contributed by atoms with van der Waals surface area (Å²) in [6.45, 7) is 2.77. The first-order valence-electron chi connectivity index (χ1n) is 4.82. The van der Waals surface area contributed by atoms with Gasteiger partial charge in [0, 0.05) is 24.4 Å². The van der Waals surface area contributed by atoms with Gasteiger partial charge in [-0.2, -0.15) is 0 Å². The van der Waals surface area contributed by atoms with Crippen LogP contribution in [0.2, 0.25) is 0 Å². The fraction of sp³-hybridized carbons (Fsp3) is 0.625. The summed E-state index contributed by atoms with van der Waals surface area (Å²) < 4.78 is 0. The predicted octanol–water partition coefficient (Wildman–Crippen LogP) is 1.51. The van der Waals surface area contributed by atoms with E-state index in [4.69, 9.17) is 5.53 Å². The van der Waals surface area contributed by atoms with Crippen LogP contribution in [0, 0.1) is 12.8 Å². The van der Waals surface area contributed by atoms with Gasteiger partial charge in [0.05, 0.1) is 0 Å². The Morgan fingerprint density at radius 2 is 2.50 bits per heavy atom. The van der Waals surface area contributed by atoms with Crippen molar-refractivity contribution in [3.05, 3.63) is 15.5 Å². The molecule has 1 amide bonds. The fourth-order valence-corrected chi connectivity index (χ4v) is 2.35. The van der Waals surface area contributed by atoms with Crippen molar-refractivity contribution in [2.75, 3.05) is 18.0 Å². The van der Waals surface area contributed by atoms with Gasteiger partial charge < -0.3 is 0 Å². The van der Waals surface area contributed by atoms with Crippen LogP contribution in [0.3, 0.4) is 0 Å². The number of nitrogens with zero attached hydrogens (tertiary/aromatic N) is 6. The number of azide groups is 1. The van der Waals surface area contributed by atoms with Gasteiger partial charge in [0.1, 0.15) is 5.01 Å². The molecular formula is C8H10N6OS. The Kier molecular flexibility index (Phi) is 3.02. The van der Waals surface area contributed by atoms with Gasteiger partial charge in [-0.3, -0.25) is 9.69 Å². The van der Waals surface area contributed by atoms with Crippen LogP contribution < -0.4 is 4.90 Å². The van der Waals surface area contributed by atoms with Gasteiger partial charge in [0.15, 0.2) is 0 Å². The molecule has 0 aromatic carbocycles. The van der Waals surface area contributed by atoms with E-state index < -0.39 is 0 Å². The van der Waals surface area contributed by atoms with E-state index >= 15 is 0 Å². The number of aromatic nitrogens is 2. The Balaban J connectivity index is 2.07. The summed E-state index contributed by atoms with van der Waals surface area (Å²) in [4.78, 5) is 16.0. The van der Waals surface area contributed by atoms with Gasteiger partial charge in [-0.15, -0.1) is 10.2 Å². The normalized spacial score (nSPS) is 19.9. The predicted molar refractivity (Wildman–Crippen MR) is 59.1 cm³/mol. The zero-order valence-electron chi connectivity index (χ0n) is 8.70. The summed E-state index contributed by atoms with van der Waals surface area (Å²) in [7, 11) is 0. The lowest BCUT2D eigenvalue weighted by atomic mass is 10.1. The summed E-state index contributed by atoms with van der Waals surface area (Å²) in [5, 5.41) is 12.8. The Labute approximate surface area is 95.7 Å². The van der Waals surface area contributed by atoms with Crippen molar-refractivity contribution >= 4 is 22.4 Å². The van der Waals surface area contributed by atoms with Crippen molar-refractivity contribution < 1.29 is 4.79 Å². The first-order chi connectivity index (χ1) is 7.70. The van der Waals surface area contributed by atoms with E-state index in [0.29, 0.717) is 24.6 Å². The van der Waals surface area contributed by atoms with Gasteiger partial charge in [-0.05, 0) is 18.4 Å². The van der Waals surface area contributed by atoms with Crippen molar-refractivity contribution in [3.63, 3.8) is 0 Å². The lowest BCUT2D eigenvalue weighted by Gasteiger charge is -2.10. The summed E-state index contributed by atoms with van der Waals surface area (Å²) in [5.41, 5.74) is 8.22. The molecule has 2 rings (SSSR count). The molecule has 16 heavy (non-hydrogen) atoms. The number of hydrogen-bond acceptors (Lipinski definition) is 5. The highest BCUT2D eigenvalue weighted by atomic mass is 32.1. The van der Waals surface area contributed by atoms with Crippen LogP contribution in [-0.4, -0.2) is 29.2 Å². The van der Waals surface area contributed by atoms with Crippen molar-refractivity contribution in [3.8, 4) is 0 Å². The van der Waals surface area contributed by atoms with Gasteiger partial charge in [-0.1, -0.05) is 16.5 Å². The number of rotatable bonds is 3. The van der Waals surface area contributed by atoms with Crippen LogP contribution in [-0.2, 0) is 4.79 Å². The van der Waals surface area contributed by atoms with Crippen LogP contribution in [0.25, 0.3) is 10.4 Å². The maximum absolute atomic E-state index is 11.7. The molecule has 1 fully saturated rings. The summed E-state index contributed by atoms with van der Waals surface area (Å²) in [6.07, 6.45) is 0.414. The smallest absolute Gasteiger partial charge is 0.229 e. The summed E-state index contributed by atoms with van der Waals surface area (Å²) in [6, 6.07) is 0. The molecule has 1 aromatic heterocycles. The lowest BCUT2D eigenvalue weighted by Crippen LogP contribution is -2.24. The second-order valence-electron chi connectivity index (χ2n) is 3.59. The lowest BCUT2D eigenvalue weighted by molar-refractivity contribution is -0.117. The third-order valence-electron chi connectivity index (χ3n) is 2.35. The summed E-state index contributed by atoms with van der Waals surface area (Å²) >= 11 is 1.39. The van der Waals surface area contributed by atoms with E-state index in [-0.39, 0.29) is 11.8 Å².